The molecule has 0 saturated heterocycles. The zero-order chi connectivity index (χ0) is 36.9. The number of carbonyl (C=O) groups is 1. The van der Waals surface area contributed by atoms with Crippen molar-refractivity contribution in [2.45, 2.75) is 148 Å². The number of rotatable bonds is 29. The summed E-state index contributed by atoms with van der Waals surface area (Å²) in [5.41, 5.74) is -2.26. The number of ether oxygens (including phenoxy) is 9. The van der Waals surface area contributed by atoms with Crippen LogP contribution in [0, 0.1) is 0 Å². The van der Waals surface area contributed by atoms with E-state index in [4.69, 9.17) is 42.6 Å². The summed E-state index contributed by atoms with van der Waals surface area (Å²) >= 11 is 0. The van der Waals surface area contributed by atoms with Crippen molar-refractivity contribution in [3.8, 4) is 0 Å². The minimum absolute atomic E-state index is 0.187. The van der Waals surface area contributed by atoms with Gasteiger partial charge in [0.05, 0.1) is 74.8 Å². The Kier molecular flexibility index (Phi) is 22.6. The molecule has 1 amide bonds. The minimum Gasteiger partial charge on any atom is -0.444 e. The van der Waals surface area contributed by atoms with Crippen LogP contribution < -0.4 is 5.32 Å². The lowest BCUT2D eigenvalue weighted by atomic mass is 9.95. The van der Waals surface area contributed by atoms with Crippen LogP contribution in [0.5, 0.6) is 0 Å². The second kappa shape index (κ2) is 23.2. The summed E-state index contributed by atoms with van der Waals surface area (Å²) in [5.74, 6) is 0. The van der Waals surface area contributed by atoms with Crippen LogP contribution in [0.15, 0.2) is 12.7 Å². The Morgan fingerprint density at radius 2 is 1.29 bits per heavy atom. The van der Waals surface area contributed by atoms with Gasteiger partial charge in [-0.3, -0.25) is 0 Å². The molecule has 0 aliphatic rings. The third kappa shape index (κ3) is 24.8. The molecule has 3 unspecified atom stereocenters. The standard InChI is InChI=1S/C37H73NO10/c1-15-17-37(11,20-23-44-34(5,6)18-16-21-38-32(39)48-33(2,3)4)47-30(27-41-13)26-36(9,10)45-22-19-35(7,8)46-31(28-42-14)29-43-25-24-40-12/h15,30-31H,1,16-29H2,2-14H3,(H,38,39). The fourth-order valence-corrected chi connectivity index (χ4v) is 5.22. The van der Waals surface area contributed by atoms with E-state index >= 15 is 0 Å². The van der Waals surface area contributed by atoms with Crippen LogP contribution >= 0.6 is 0 Å². The summed E-state index contributed by atoms with van der Waals surface area (Å²) in [6, 6.07) is 0. The molecule has 11 nitrogen and oxygen atoms in total. The molecule has 0 rings (SSSR count). The van der Waals surface area contributed by atoms with Gasteiger partial charge >= 0.3 is 6.09 Å². The predicted octanol–water partition coefficient (Wildman–Crippen LogP) is 6.89. The molecule has 0 spiro atoms. The average Bonchev–Trinajstić information content (AvgIpc) is 2.92. The molecule has 0 aliphatic carbocycles. The van der Waals surface area contributed by atoms with E-state index < -0.39 is 28.5 Å². The molecule has 0 aromatic carbocycles. The van der Waals surface area contributed by atoms with Crippen molar-refractivity contribution in [2.75, 3.05) is 74.1 Å². The van der Waals surface area contributed by atoms with E-state index in [-0.39, 0.29) is 17.8 Å². The van der Waals surface area contributed by atoms with Crippen molar-refractivity contribution < 1.29 is 47.4 Å². The van der Waals surface area contributed by atoms with Gasteiger partial charge in [-0.1, -0.05) is 6.08 Å². The van der Waals surface area contributed by atoms with Crippen molar-refractivity contribution >= 4 is 6.09 Å². The molecule has 0 aliphatic heterocycles. The van der Waals surface area contributed by atoms with E-state index in [1.165, 1.54) is 0 Å². The lowest BCUT2D eigenvalue weighted by molar-refractivity contribution is -0.158. The zero-order valence-electron chi connectivity index (χ0n) is 32.9. The van der Waals surface area contributed by atoms with Crippen LogP contribution in [-0.4, -0.2) is 120 Å². The number of nitrogens with one attached hydrogen (secondary N) is 1. The molecule has 3 atom stereocenters. The third-order valence-corrected chi connectivity index (χ3v) is 7.62. The van der Waals surface area contributed by atoms with Crippen molar-refractivity contribution in [3.63, 3.8) is 0 Å². The van der Waals surface area contributed by atoms with Gasteiger partial charge in [-0.2, -0.15) is 0 Å². The van der Waals surface area contributed by atoms with E-state index in [9.17, 15) is 4.79 Å². The van der Waals surface area contributed by atoms with Crippen molar-refractivity contribution in [3.05, 3.63) is 12.7 Å². The van der Waals surface area contributed by atoms with Gasteiger partial charge < -0.3 is 47.9 Å². The Hall–Kier alpha value is -1.31. The molecule has 286 valence electrons. The van der Waals surface area contributed by atoms with Crippen LogP contribution in [-0.2, 0) is 42.6 Å². The number of alkyl carbamates (subject to hydrolysis) is 1. The number of methoxy groups -OCH3 is 3. The molecule has 0 bridgehead atoms. The van der Waals surface area contributed by atoms with Gasteiger partial charge in [0.1, 0.15) is 11.7 Å². The van der Waals surface area contributed by atoms with Gasteiger partial charge in [-0.25, -0.2) is 4.79 Å². The molecule has 11 heteroatoms. The maximum atomic E-state index is 11.9. The molecule has 0 radical (unpaired) electrons. The van der Waals surface area contributed by atoms with Gasteiger partial charge in [-0.05, 0) is 101 Å². The lowest BCUT2D eigenvalue weighted by Gasteiger charge is -2.38. The fourth-order valence-electron chi connectivity index (χ4n) is 5.22. The summed E-state index contributed by atoms with van der Waals surface area (Å²) in [6.07, 6.45) is 5.37. The second-order valence-corrected chi connectivity index (χ2v) is 15.6. The number of hydrogen-bond acceptors (Lipinski definition) is 10. The monoisotopic (exact) mass is 692 g/mol. The first-order valence-electron chi connectivity index (χ1n) is 17.5. The van der Waals surface area contributed by atoms with E-state index in [0.29, 0.717) is 78.5 Å². The molecular weight excluding hydrogens is 618 g/mol. The quantitative estimate of drug-likeness (QED) is 0.0657. The number of carbonyl (C=O) groups excluding carboxylic acids is 1. The highest BCUT2D eigenvalue weighted by Crippen LogP contribution is 2.30. The van der Waals surface area contributed by atoms with Crippen molar-refractivity contribution in [1.82, 2.24) is 5.32 Å². The molecule has 0 fully saturated rings. The Balaban J connectivity index is 5.00. The fraction of sp³-hybridized carbons (Fsp3) is 0.919. The van der Waals surface area contributed by atoms with Gasteiger partial charge in [0, 0.05) is 34.3 Å². The van der Waals surface area contributed by atoms with Gasteiger partial charge in [0.15, 0.2) is 0 Å². The lowest BCUT2D eigenvalue weighted by Crippen LogP contribution is -2.42. The van der Waals surface area contributed by atoms with Gasteiger partial charge in [0.25, 0.3) is 0 Å². The molecular formula is C37H73NO10. The van der Waals surface area contributed by atoms with Gasteiger partial charge in [0.2, 0.25) is 0 Å². The number of hydrogen-bond donors (Lipinski definition) is 1. The van der Waals surface area contributed by atoms with Crippen LogP contribution in [0.25, 0.3) is 0 Å². The molecule has 1 N–H and O–H groups in total. The largest absolute Gasteiger partial charge is 0.444 e. The smallest absolute Gasteiger partial charge is 0.407 e. The molecule has 0 aromatic heterocycles. The van der Waals surface area contributed by atoms with Crippen LogP contribution in [0.4, 0.5) is 4.79 Å². The minimum atomic E-state index is -0.514. The summed E-state index contributed by atoms with van der Waals surface area (Å²) in [4.78, 5) is 11.9. The first-order valence-corrected chi connectivity index (χ1v) is 17.5. The Morgan fingerprint density at radius 3 is 1.88 bits per heavy atom. The summed E-state index contributed by atoms with van der Waals surface area (Å²) in [7, 11) is 5.00. The molecule has 0 heterocycles. The van der Waals surface area contributed by atoms with Crippen LogP contribution in [0.1, 0.15) is 108 Å². The highest BCUT2D eigenvalue weighted by Gasteiger charge is 2.33. The first-order chi connectivity index (χ1) is 22.2. The maximum Gasteiger partial charge on any atom is 0.407 e. The van der Waals surface area contributed by atoms with Crippen molar-refractivity contribution in [2.24, 2.45) is 0 Å². The Bertz CT molecular complexity index is 858. The Labute approximate surface area is 293 Å². The molecule has 0 saturated carbocycles. The molecule has 48 heavy (non-hydrogen) atoms. The Morgan fingerprint density at radius 1 is 0.688 bits per heavy atom. The van der Waals surface area contributed by atoms with E-state index in [0.717, 1.165) is 12.8 Å². The van der Waals surface area contributed by atoms with Crippen molar-refractivity contribution in [1.29, 1.82) is 0 Å². The van der Waals surface area contributed by atoms with E-state index in [1.54, 1.807) is 21.3 Å². The molecule has 0 aromatic rings. The second-order valence-electron chi connectivity index (χ2n) is 15.6. The zero-order valence-corrected chi connectivity index (χ0v) is 32.9. The summed E-state index contributed by atoms with van der Waals surface area (Å²) in [6.45, 7) is 28.0. The normalized spacial score (nSPS) is 15.5. The van der Waals surface area contributed by atoms with Crippen LogP contribution in [0.3, 0.4) is 0 Å². The topological polar surface area (TPSA) is 112 Å². The predicted molar refractivity (Wildman–Crippen MR) is 191 cm³/mol. The van der Waals surface area contributed by atoms with Crippen LogP contribution in [0.2, 0.25) is 0 Å². The number of amides is 1. The maximum absolute atomic E-state index is 11.9. The first kappa shape index (κ1) is 46.7. The summed E-state index contributed by atoms with van der Waals surface area (Å²) < 4.78 is 52.8. The highest BCUT2D eigenvalue weighted by atomic mass is 16.6. The van der Waals surface area contributed by atoms with Gasteiger partial charge in [-0.15, -0.1) is 6.58 Å². The van der Waals surface area contributed by atoms with E-state index in [2.05, 4.69) is 60.4 Å². The van der Waals surface area contributed by atoms with E-state index in [1.807, 2.05) is 26.8 Å². The summed E-state index contributed by atoms with van der Waals surface area (Å²) in [5, 5.41) is 2.81. The highest BCUT2D eigenvalue weighted by molar-refractivity contribution is 5.67. The SMILES string of the molecule is C=CCC(C)(CCOC(C)(C)CCCNC(=O)OC(C)(C)C)OC(COC)CC(C)(C)OCCC(C)(C)OC(COC)COCCOC. The average molecular weight is 692 g/mol. The third-order valence-electron chi connectivity index (χ3n) is 7.62.